The van der Waals surface area contributed by atoms with Gasteiger partial charge in [0.1, 0.15) is 5.69 Å². The van der Waals surface area contributed by atoms with E-state index in [-0.39, 0.29) is 31.3 Å². The smallest absolute Gasteiger partial charge is 0.270 e. The number of hydrogen-bond donors (Lipinski definition) is 1. The molecule has 5 rings (SSSR count). The summed E-state index contributed by atoms with van der Waals surface area (Å²) in [7, 11) is 1.88. The van der Waals surface area contributed by atoms with Gasteiger partial charge in [0.2, 0.25) is 0 Å². The van der Waals surface area contributed by atoms with Gasteiger partial charge in [0.05, 0.1) is 0 Å². The van der Waals surface area contributed by atoms with Gasteiger partial charge in [0.15, 0.2) is 0 Å². The third kappa shape index (κ3) is 2.55. The Bertz CT molecular complexity index is 611. The van der Waals surface area contributed by atoms with Crippen LogP contribution in [-0.2, 0) is 0 Å². The van der Waals surface area contributed by atoms with Crippen LogP contribution >= 0.6 is 28.3 Å². The summed E-state index contributed by atoms with van der Waals surface area (Å²) in [5.41, 5.74) is 1.78. The second kappa shape index (κ2) is 5.62. The van der Waals surface area contributed by atoms with E-state index < -0.39 is 0 Å². The molecule has 0 spiro atoms. The second-order valence-corrected chi connectivity index (χ2v) is 10.2. The van der Waals surface area contributed by atoms with Crippen molar-refractivity contribution in [2.75, 3.05) is 13.1 Å². The van der Waals surface area contributed by atoms with Gasteiger partial charge in [-0.15, -0.1) is 0 Å². The number of carbonyl (C=O) groups is 1. The molecule has 0 aromatic carbocycles. The molecule has 5 heterocycles. The van der Waals surface area contributed by atoms with Crippen LogP contribution in [0.5, 0.6) is 0 Å². The van der Waals surface area contributed by atoms with Gasteiger partial charge in [-0.25, -0.2) is 0 Å². The fourth-order valence-corrected chi connectivity index (χ4v) is 8.08. The SMILES string of the molecule is C[C@H]1[C@H](NC(=O)c2cc3c(cn2)C=IS3)C2CCN1CC2. The lowest BCUT2D eigenvalue weighted by atomic mass is 9.79. The van der Waals surface area contributed by atoms with E-state index in [1.165, 1.54) is 36.4 Å². The van der Waals surface area contributed by atoms with Crippen LogP contribution in [0.4, 0.5) is 0 Å². The Morgan fingerprint density at radius 1 is 1.48 bits per heavy atom. The molecule has 0 unspecified atom stereocenters. The number of halogens is 1. The fourth-order valence-electron chi connectivity index (χ4n) is 3.61. The summed E-state index contributed by atoms with van der Waals surface area (Å²) in [5.74, 6) is 0.631. The van der Waals surface area contributed by atoms with Crippen molar-refractivity contribution in [3.8, 4) is 0 Å². The summed E-state index contributed by atoms with van der Waals surface area (Å²) in [5, 5.41) is 3.25. The van der Waals surface area contributed by atoms with Crippen LogP contribution in [0.3, 0.4) is 0 Å². The molecule has 2 atom stereocenters. The lowest BCUT2D eigenvalue weighted by Gasteiger charge is -2.49. The van der Waals surface area contributed by atoms with Gasteiger partial charge in [-0.05, 0) is 68.2 Å². The standard InChI is InChI=1S/C15H18IN3OS/c1-9-14(10-2-4-19(9)5-3-10)18-15(20)12-6-13-11(8-17-12)7-16-21-13/h6-10,14H,2-5H2,1H3,(H,18,20)/t9-,14-/m0/s1. The fraction of sp³-hybridized carbons (Fsp3) is 0.533. The van der Waals surface area contributed by atoms with E-state index in [0.717, 1.165) is 0 Å². The van der Waals surface area contributed by atoms with E-state index in [1.54, 1.807) is 0 Å². The number of carbonyl (C=O) groups excluding carboxylic acids is 1. The van der Waals surface area contributed by atoms with E-state index >= 15 is 0 Å². The molecule has 0 aliphatic carbocycles. The molecule has 0 saturated carbocycles. The van der Waals surface area contributed by atoms with E-state index in [2.05, 4.69) is 26.1 Å². The number of rotatable bonds is 2. The lowest BCUT2D eigenvalue weighted by molar-refractivity contribution is 0.0216. The molecule has 1 amide bonds. The van der Waals surface area contributed by atoms with Crippen LogP contribution in [-0.4, -0.2) is 45.0 Å². The normalized spacial score (nSPS) is 33.4. The predicted molar refractivity (Wildman–Crippen MR) is 94.3 cm³/mol. The van der Waals surface area contributed by atoms with Gasteiger partial charge in [0, 0.05) is 28.7 Å². The van der Waals surface area contributed by atoms with Gasteiger partial charge < -0.3 is 5.32 Å². The number of piperidine rings is 3. The number of aromatic nitrogens is 1. The minimum absolute atomic E-state index is 0.00546. The molecule has 1 N–H and O–H groups in total. The Labute approximate surface area is 137 Å². The topological polar surface area (TPSA) is 45.2 Å². The minimum Gasteiger partial charge on any atom is -0.346 e. The number of pyridine rings is 1. The number of nitrogens with one attached hydrogen (secondary N) is 1. The van der Waals surface area contributed by atoms with Crippen LogP contribution < -0.4 is 5.32 Å². The average Bonchev–Trinajstić information content (AvgIpc) is 2.98. The largest absolute Gasteiger partial charge is 0.346 e. The van der Waals surface area contributed by atoms with Crippen molar-refractivity contribution >= 4 is 38.2 Å². The zero-order valence-electron chi connectivity index (χ0n) is 11.9. The molecule has 21 heavy (non-hydrogen) atoms. The van der Waals surface area contributed by atoms with Gasteiger partial charge >= 0.3 is 0 Å². The summed E-state index contributed by atoms with van der Waals surface area (Å²) in [4.78, 5) is 20.6. The van der Waals surface area contributed by atoms with Crippen molar-refractivity contribution in [1.82, 2.24) is 15.2 Å². The first kappa shape index (κ1) is 14.1. The van der Waals surface area contributed by atoms with E-state index in [1.807, 2.05) is 21.2 Å². The van der Waals surface area contributed by atoms with Gasteiger partial charge in [-0.1, -0.05) is 8.93 Å². The monoisotopic (exact) mass is 415 g/mol. The maximum atomic E-state index is 12.5. The first-order valence-electron chi connectivity index (χ1n) is 7.41. The van der Waals surface area contributed by atoms with Crippen molar-refractivity contribution < 1.29 is 4.79 Å². The first-order chi connectivity index (χ1) is 10.2. The highest BCUT2D eigenvalue weighted by Crippen LogP contribution is 2.39. The van der Waals surface area contributed by atoms with Crippen LogP contribution in [0.15, 0.2) is 17.2 Å². The molecule has 1 aromatic rings. The van der Waals surface area contributed by atoms with E-state index in [4.69, 9.17) is 0 Å². The molecule has 0 radical (unpaired) electrons. The zero-order chi connectivity index (χ0) is 14.4. The zero-order valence-corrected chi connectivity index (χ0v) is 14.9. The van der Waals surface area contributed by atoms with Gasteiger partial charge in [0.25, 0.3) is 5.91 Å². The molecule has 2 bridgehead atoms. The van der Waals surface area contributed by atoms with Crippen LogP contribution in [0, 0.1) is 5.92 Å². The maximum absolute atomic E-state index is 12.5. The number of amides is 1. The molecule has 4 aliphatic heterocycles. The molecular formula is C15H18IN3OS. The Kier molecular flexibility index (Phi) is 3.79. The minimum atomic E-state index is -0.00546. The Hall–Kier alpha value is -0.470. The number of nitrogens with zero attached hydrogens (tertiary/aromatic N) is 2. The second-order valence-electron chi connectivity index (χ2n) is 6.00. The first-order valence-corrected chi connectivity index (χ1v) is 12.0. The maximum Gasteiger partial charge on any atom is 0.270 e. The number of hydrogen-bond acceptors (Lipinski definition) is 4. The molecular weight excluding hydrogens is 397 g/mol. The van der Waals surface area contributed by atoms with Crippen LogP contribution in [0.25, 0.3) is 0 Å². The highest BCUT2D eigenvalue weighted by Gasteiger charge is 2.40. The van der Waals surface area contributed by atoms with Crippen LogP contribution in [0.2, 0.25) is 0 Å². The molecule has 112 valence electrons. The molecule has 3 fully saturated rings. The molecule has 1 aromatic heterocycles. The van der Waals surface area contributed by atoms with E-state index in [9.17, 15) is 4.79 Å². The van der Waals surface area contributed by atoms with Crippen molar-refractivity contribution in [3.63, 3.8) is 0 Å². The number of fused-ring (bicyclic) bond motifs is 4. The average molecular weight is 415 g/mol. The van der Waals surface area contributed by atoms with Crippen molar-refractivity contribution in [3.05, 3.63) is 23.5 Å². The van der Waals surface area contributed by atoms with Gasteiger partial charge in [-0.2, -0.15) is 0 Å². The van der Waals surface area contributed by atoms with Crippen molar-refractivity contribution in [2.45, 2.75) is 36.7 Å². The molecule has 4 aliphatic rings. The predicted octanol–water partition coefficient (Wildman–Crippen LogP) is 2.44. The summed E-state index contributed by atoms with van der Waals surface area (Å²) >= 11 is 0.0641. The quantitative estimate of drug-likeness (QED) is 0.754. The summed E-state index contributed by atoms with van der Waals surface area (Å²) in [6.07, 6.45) is 4.27. The molecule has 4 nitrogen and oxygen atoms in total. The summed E-state index contributed by atoms with van der Waals surface area (Å²) < 4.78 is 2.27. The Morgan fingerprint density at radius 3 is 3.05 bits per heavy atom. The molecule has 3 saturated heterocycles. The van der Waals surface area contributed by atoms with Crippen molar-refractivity contribution in [2.24, 2.45) is 5.92 Å². The van der Waals surface area contributed by atoms with Crippen molar-refractivity contribution in [1.29, 1.82) is 0 Å². The third-order valence-corrected chi connectivity index (χ3v) is 9.21. The molecule has 6 heteroatoms. The third-order valence-electron chi connectivity index (χ3n) is 4.89. The van der Waals surface area contributed by atoms with Gasteiger partial charge in [-0.3, -0.25) is 14.7 Å². The van der Waals surface area contributed by atoms with Crippen LogP contribution in [0.1, 0.15) is 35.8 Å². The summed E-state index contributed by atoms with van der Waals surface area (Å²) in [6.45, 7) is 4.61. The van der Waals surface area contributed by atoms with E-state index in [0.29, 0.717) is 17.7 Å². The lowest BCUT2D eigenvalue weighted by Crippen LogP contribution is -2.62. The highest BCUT2D eigenvalue weighted by atomic mass is 127. The summed E-state index contributed by atoms with van der Waals surface area (Å²) in [6, 6.07) is 2.69. The Balaban J connectivity index is 1.51. The Morgan fingerprint density at radius 2 is 2.29 bits per heavy atom. The highest BCUT2D eigenvalue weighted by molar-refractivity contribution is 14.2.